The molecule has 2 rings (SSSR count). The van der Waals surface area contributed by atoms with Crippen LogP contribution in [0.15, 0.2) is 16.6 Å². The van der Waals surface area contributed by atoms with Crippen LogP contribution >= 0.6 is 39.1 Å². The number of rotatable bonds is 3. The zero-order chi connectivity index (χ0) is 14.2. The predicted molar refractivity (Wildman–Crippen MR) is 78.1 cm³/mol. The van der Waals surface area contributed by atoms with Crippen LogP contribution in [0, 0.1) is 6.92 Å². The third-order valence-corrected chi connectivity index (χ3v) is 4.12. The third-order valence-electron chi connectivity index (χ3n) is 2.63. The molecule has 0 unspecified atom stereocenters. The summed E-state index contributed by atoms with van der Waals surface area (Å²) in [5.74, 6) is 0.854. The van der Waals surface area contributed by atoms with Crippen LogP contribution in [0.3, 0.4) is 0 Å². The van der Waals surface area contributed by atoms with E-state index >= 15 is 0 Å². The van der Waals surface area contributed by atoms with Crippen LogP contribution in [-0.2, 0) is 13.7 Å². The number of halogens is 3. The normalized spacial score (nSPS) is 10.8. The average Bonchev–Trinajstić information content (AvgIpc) is 2.60. The summed E-state index contributed by atoms with van der Waals surface area (Å²) in [6.45, 7) is 1.64. The van der Waals surface area contributed by atoms with Crippen LogP contribution in [-0.4, -0.2) is 14.9 Å². The van der Waals surface area contributed by atoms with Gasteiger partial charge in [-0.25, -0.2) is 4.68 Å². The second kappa shape index (κ2) is 5.71. The van der Waals surface area contributed by atoms with E-state index in [9.17, 15) is 5.11 Å². The molecule has 0 aliphatic heterocycles. The van der Waals surface area contributed by atoms with Crippen LogP contribution in [0.5, 0.6) is 11.6 Å². The summed E-state index contributed by atoms with van der Waals surface area (Å²) in [6, 6.07) is 3.26. The van der Waals surface area contributed by atoms with E-state index in [2.05, 4.69) is 21.0 Å². The molecule has 0 bridgehead atoms. The zero-order valence-corrected chi connectivity index (χ0v) is 13.3. The average molecular weight is 366 g/mol. The Morgan fingerprint density at radius 2 is 2.05 bits per heavy atom. The second-order valence-electron chi connectivity index (χ2n) is 3.95. The first-order valence-electron chi connectivity index (χ1n) is 5.39. The number of hydrogen-bond acceptors (Lipinski definition) is 3. The lowest BCUT2D eigenvalue weighted by atomic mass is 10.2. The maximum atomic E-state index is 9.36. The zero-order valence-electron chi connectivity index (χ0n) is 10.2. The Hall–Kier alpha value is -0.750. The topological polar surface area (TPSA) is 47.3 Å². The Kier molecular flexibility index (Phi) is 4.40. The van der Waals surface area contributed by atoms with Gasteiger partial charge in [0.05, 0.1) is 27.9 Å². The minimum Gasteiger partial charge on any atom is -0.437 e. The highest BCUT2D eigenvalue weighted by Gasteiger charge is 2.16. The Balaban J connectivity index is 2.44. The molecule has 1 N–H and O–H groups in total. The fraction of sp³-hybridized carbons (Fsp3) is 0.250. The Morgan fingerprint density at radius 1 is 1.37 bits per heavy atom. The van der Waals surface area contributed by atoms with E-state index in [0.29, 0.717) is 37.4 Å². The van der Waals surface area contributed by atoms with Gasteiger partial charge in [-0.1, -0.05) is 23.2 Å². The van der Waals surface area contributed by atoms with Gasteiger partial charge in [0.1, 0.15) is 5.75 Å². The molecule has 0 saturated carbocycles. The summed E-state index contributed by atoms with van der Waals surface area (Å²) >= 11 is 15.4. The van der Waals surface area contributed by atoms with Gasteiger partial charge in [0.2, 0.25) is 5.88 Å². The van der Waals surface area contributed by atoms with Gasteiger partial charge >= 0.3 is 0 Å². The van der Waals surface area contributed by atoms with E-state index in [4.69, 9.17) is 27.9 Å². The molecule has 2 aromatic rings. The van der Waals surface area contributed by atoms with Gasteiger partial charge < -0.3 is 9.84 Å². The molecule has 102 valence electrons. The highest BCUT2D eigenvalue weighted by atomic mass is 79.9. The number of aliphatic hydroxyl groups is 1. The summed E-state index contributed by atoms with van der Waals surface area (Å²) in [5, 5.41) is 14.5. The van der Waals surface area contributed by atoms with Crippen LogP contribution in [0.1, 0.15) is 11.3 Å². The van der Waals surface area contributed by atoms with Crippen molar-refractivity contribution >= 4 is 39.1 Å². The minimum absolute atomic E-state index is 0.156. The van der Waals surface area contributed by atoms with Gasteiger partial charge in [0.25, 0.3) is 0 Å². The van der Waals surface area contributed by atoms with Gasteiger partial charge in [-0.3, -0.25) is 0 Å². The fourth-order valence-corrected chi connectivity index (χ4v) is 2.51. The number of benzene rings is 1. The van der Waals surface area contributed by atoms with Crippen molar-refractivity contribution in [1.29, 1.82) is 0 Å². The lowest BCUT2D eigenvalue weighted by Crippen LogP contribution is -1.97. The maximum Gasteiger partial charge on any atom is 0.223 e. The number of aryl methyl sites for hydroxylation is 2. The van der Waals surface area contributed by atoms with Crippen molar-refractivity contribution in [3.05, 3.63) is 37.9 Å². The molecule has 0 aliphatic rings. The van der Waals surface area contributed by atoms with Crippen LogP contribution in [0.25, 0.3) is 0 Å². The van der Waals surface area contributed by atoms with E-state index in [0.717, 1.165) is 0 Å². The van der Waals surface area contributed by atoms with Crippen molar-refractivity contribution in [3.63, 3.8) is 0 Å². The van der Waals surface area contributed by atoms with E-state index in [1.165, 1.54) is 0 Å². The molecular formula is C12H11BrCl2N2O2. The van der Waals surface area contributed by atoms with Gasteiger partial charge in [-0.2, -0.15) is 5.10 Å². The summed E-state index contributed by atoms with van der Waals surface area (Å²) in [7, 11) is 1.73. The first kappa shape index (κ1) is 14.7. The molecule has 19 heavy (non-hydrogen) atoms. The standard InChI is InChI=1S/C12H11BrCl2N2O2/c1-6-7(5-18)12(17(2)16-6)19-11-4-9(14)8(13)3-10(11)15/h3-4,18H,5H2,1-2H3. The van der Waals surface area contributed by atoms with E-state index in [-0.39, 0.29) is 6.61 Å². The molecule has 1 aromatic carbocycles. The highest BCUT2D eigenvalue weighted by molar-refractivity contribution is 9.10. The summed E-state index contributed by atoms with van der Waals surface area (Å²) in [5.41, 5.74) is 1.33. The van der Waals surface area contributed by atoms with Crippen molar-refractivity contribution in [2.24, 2.45) is 7.05 Å². The number of aliphatic hydroxyl groups excluding tert-OH is 1. The molecule has 0 aliphatic carbocycles. The lowest BCUT2D eigenvalue weighted by Gasteiger charge is -2.10. The SMILES string of the molecule is Cc1nn(C)c(Oc2cc(Cl)c(Br)cc2Cl)c1CO. The molecular weight excluding hydrogens is 355 g/mol. The first-order chi connectivity index (χ1) is 8.93. The summed E-state index contributed by atoms with van der Waals surface area (Å²) in [4.78, 5) is 0. The largest absolute Gasteiger partial charge is 0.437 e. The smallest absolute Gasteiger partial charge is 0.223 e. The number of nitrogens with zero attached hydrogens (tertiary/aromatic N) is 2. The molecule has 0 fully saturated rings. The van der Waals surface area contributed by atoms with Gasteiger partial charge in [-0.05, 0) is 28.9 Å². The second-order valence-corrected chi connectivity index (χ2v) is 5.62. The number of ether oxygens (including phenoxy) is 1. The fourth-order valence-electron chi connectivity index (χ4n) is 1.68. The van der Waals surface area contributed by atoms with Crippen LogP contribution in [0.4, 0.5) is 0 Å². The molecule has 0 atom stereocenters. The van der Waals surface area contributed by atoms with Gasteiger partial charge in [0.15, 0.2) is 0 Å². The van der Waals surface area contributed by atoms with Gasteiger partial charge in [0, 0.05) is 17.6 Å². The van der Waals surface area contributed by atoms with Crippen molar-refractivity contribution < 1.29 is 9.84 Å². The number of hydrogen-bond donors (Lipinski definition) is 1. The van der Waals surface area contributed by atoms with Crippen molar-refractivity contribution in [2.75, 3.05) is 0 Å². The number of aromatic nitrogens is 2. The molecule has 0 saturated heterocycles. The molecule has 1 aromatic heterocycles. The van der Waals surface area contributed by atoms with Gasteiger partial charge in [-0.15, -0.1) is 0 Å². The molecule has 7 heteroatoms. The van der Waals surface area contributed by atoms with Crippen molar-refractivity contribution in [1.82, 2.24) is 9.78 Å². The van der Waals surface area contributed by atoms with E-state index in [1.54, 1.807) is 30.8 Å². The molecule has 0 spiro atoms. The van der Waals surface area contributed by atoms with Crippen LogP contribution in [0.2, 0.25) is 10.0 Å². The van der Waals surface area contributed by atoms with E-state index < -0.39 is 0 Å². The molecule has 0 amide bonds. The lowest BCUT2D eigenvalue weighted by molar-refractivity contribution is 0.274. The predicted octanol–water partition coefficient (Wildman–Crippen LogP) is 4.08. The summed E-state index contributed by atoms with van der Waals surface area (Å²) < 4.78 is 7.96. The Morgan fingerprint density at radius 3 is 2.68 bits per heavy atom. The quantitative estimate of drug-likeness (QED) is 0.833. The van der Waals surface area contributed by atoms with Crippen molar-refractivity contribution in [3.8, 4) is 11.6 Å². The third kappa shape index (κ3) is 2.89. The minimum atomic E-state index is -0.156. The van der Waals surface area contributed by atoms with E-state index in [1.807, 2.05) is 0 Å². The molecule has 1 heterocycles. The molecule has 4 nitrogen and oxygen atoms in total. The van der Waals surface area contributed by atoms with Crippen molar-refractivity contribution in [2.45, 2.75) is 13.5 Å². The Labute approximate surface area is 129 Å². The maximum absolute atomic E-state index is 9.36. The molecule has 0 radical (unpaired) electrons. The Bertz CT molecular complexity index is 629. The van der Waals surface area contributed by atoms with Crippen LogP contribution < -0.4 is 4.74 Å². The highest BCUT2D eigenvalue weighted by Crippen LogP contribution is 2.37. The summed E-state index contributed by atoms with van der Waals surface area (Å²) in [6.07, 6.45) is 0. The first-order valence-corrected chi connectivity index (χ1v) is 6.94. The monoisotopic (exact) mass is 364 g/mol.